The van der Waals surface area contributed by atoms with Crippen LogP contribution < -0.4 is 10.1 Å². The van der Waals surface area contributed by atoms with E-state index in [0.29, 0.717) is 45.4 Å². The molecule has 1 N–H and O–H groups in total. The standard InChI is InChI=1S/C32H27N5O4S2/c1-41-25-14-10-13-24(19-25)37-31(34-35-32(37)42-22-30(38)33-20-23-11-4-2-5-12-23)28-21-36(29-18-9-8-17-27(28)29)43(39,40)26-15-6-3-7-16-26/h2-19,21H,20,22H2,1H3,(H,33,38). The third-order valence-electron chi connectivity index (χ3n) is 6.83. The van der Waals surface area contributed by atoms with Crippen LogP contribution in [0.3, 0.4) is 0 Å². The van der Waals surface area contributed by atoms with Crippen molar-refractivity contribution in [3.05, 3.63) is 121 Å². The number of nitrogens with zero attached hydrogens (tertiary/aromatic N) is 4. The third kappa shape index (κ3) is 5.77. The van der Waals surface area contributed by atoms with Crippen LogP contribution in [0.5, 0.6) is 5.75 Å². The van der Waals surface area contributed by atoms with Crippen LogP contribution in [0.1, 0.15) is 5.56 Å². The highest BCUT2D eigenvalue weighted by Crippen LogP contribution is 2.36. The summed E-state index contributed by atoms with van der Waals surface area (Å²) in [6.45, 7) is 0.420. The van der Waals surface area contributed by atoms with Gasteiger partial charge in [0.1, 0.15) is 5.75 Å². The number of para-hydroxylation sites is 1. The number of ether oxygens (including phenoxy) is 1. The maximum Gasteiger partial charge on any atom is 0.268 e. The van der Waals surface area contributed by atoms with Crippen molar-refractivity contribution in [2.75, 3.05) is 12.9 Å². The summed E-state index contributed by atoms with van der Waals surface area (Å²) in [5.74, 6) is 1.02. The lowest BCUT2D eigenvalue weighted by Crippen LogP contribution is -2.24. The summed E-state index contributed by atoms with van der Waals surface area (Å²) in [4.78, 5) is 12.9. The van der Waals surface area contributed by atoms with Crippen molar-refractivity contribution in [3.8, 4) is 22.8 Å². The number of hydrogen-bond donors (Lipinski definition) is 1. The molecule has 0 atom stereocenters. The fraction of sp³-hybridized carbons (Fsp3) is 0.0938. The van der Waals surface area contributed by atoms with Crippen LogP contribution in [0.2, 0.25) is 0 Å². The lowest BCUT2D eigenvalue weighted by molar-refractivity contribution is -0.118. The largest absolute Gasteiger partial charge is 0.497 e. The number of methoxy groups -OCH3 is 1. The van der Waals surface area contributed by atoms with Crippen molar-refractivity contribution in [2.45, 2.75) is 16.6 Å². The van der Waals surface area contributed by atoms with Gasteiger partial charge >= 0.3 is 0 Å². The molecule has 216 valence electrons. The van der Waals surface area contributed by atoms with Crippen molar-refractivity contribution in [1.29, 1.82) is 0 Å². The van der Waals surface area contributed by atoms with Gasteiger partial charge in [0.25, 0.3) is 10.0 Å². The molecule has 2 aromatic heterocycles. The minimum atomic E-state index is -3.90. The van der Waals surface area contributed by atoms with E-state index in [2.05, 4.69) is 15.5 Å². The van der Waals surface area contributed by atoms with Gasteiger partial charge in [-0.3, -0.25) is 9.36 Å². The Kier molecular flexibility index (Phi) is 7.99. The van der Waals surface area contributed by atoms with Crippen LogP contribution in [0.4, 0.5) is 0 Å². The normalized spacial score (nSPS) is 11.5. The first-order chi connectivity index (χ1) is 21.0. The van der Waals surface area contributed by atoms with Gasteiger partial charge in [0.15, 0.2) is 11.0 Å². The number of benzene rings is 4. The number of nitrogens with one attached hydrogen (secondary N) is 1. The summed E-state index contributed by atoms with van der Waals surface area (Å²) >= 11 is 1.24. The zero-order chi connectivity index (χ0) is 29.8. The average Bonchev–Trinajstić information content (AvgIpc) is 3.66. The number of thioether (sulfide) groups is 1. The number of aromatic nitrogens is 4. The van der Waals surface area contributed by atoms with E-state index in [-0.39, 0.29) is 16.6 Å². The van der Waals surface area contributed by atoms with E-state index in [1.807, 2.05) is 71.3 Å². The van der Waals surface area contributed by atoms with E-state index in [9.17, 15) is 13.2 Å². The zero-order valence-corrected chi connectivity index (χ0v) is 24.8. The summed E-state index contributed by atoms with van der Waals surface area (Å²) in [5.41, 5.74) is 2.79. The Morgan fingerprint density at radius 2 is 1.60 bits per heavy atom. The van der Waals surface area contributed by atoms with Crippen LogP contribution in [0, 0.1) is 0 Å². The molecular weight excluding hydrogens is 583 g/mol. The Balaban J connectivity index is 1.41. The Labute approximate surface area is 253 Å². The lowest BCUT2D eigenvalue weighted by Gasteiger charge is -2.11. The Bertz CT molecular complexity index is 2010. The molecule has 0 aliphatic carbocycles. The van der Waals surface area contributed by atoms with Gasteiger partial charge in [0.2, 0.25) is 5.91 Å². The third-order valence-corrected chi connectivity index (χ3v) is 9.45. The predicted molar refractivity (Wildman–Crippen MR) is 167 cm³/mol. The molecule has 0 spiro atoms. The molecular formula is C32H27N5O4S2. The van der Waals surface area contributed by atoms with E-state index in [4.69, 9.17) is 4.74 Å². The summed E-state index contributed by atoms with van der Waals surface area (Å²) in [5, 5.41) is 13.1. The molecule has 43 heavy (non-hydrogen) atoms. The van der Waals surface area contributed by atoms with E-state index < -0.39 is 10.0 Å². The molecule has 6 rings (SSSR count). The second-order valence-electron chi connectivity index (χ2n) is 9.57. The van der Waals surface area contributed by atoms with Crippen molar-refractivity contribution < 1.29 is 17.9 Å². The number of rotatable bonds is 10. The molecule has 6 aromatic rings. The highest BCUT2D eigenvalue weighted by atomic mass is 32.2. The van der Waals surface area contributed by atoms with Crippen LogP contribution in [0.15, 0.2) is 125 Å². The fourth-order valence-electron chi connectivity index (χ4n) is 4.73. The SMILES string of the molecule is COc1cccc(-n2c(SCC(=O)NCc3ccccc3)nnc2-c2cn(S(=O)(=O)c3ccccc3)c3ccccc23)c1. The summed E-state index contributed by atoms with van der Waals surface area (Å²) in [7, 11) is -2.32. The zero-order valence-electron chi connectivity index (χ0n) is 23.1. The van der Waals surface area contributed by atoms with Gasteiger partial charge in [-0.25, -0.2) is 12.4 Å². The minimum Gasteiger partial charge on any atom is -0.497 e. The van der Waals surface area contributed by atoms with Gasteiger partial charge in [0.05, 0.1) is 29.0 Å². The molecule has 0 fully saturated rings. The van der Waals surface area contributed by atoms with Crippen LogP contribution in [-0.2, 0) is 21.4 Å². The molecule has 0 saturated carbocycles. The smallest absolute Gasteiger partial charge is 0.268 e. The quantitative estimate of drug-likeness (QED) is 0.203. The van der Waals surface area contributed by atoms with Crippen molar-refractivity contribution >= 4 is 38.6 Å². The van der Waals surface area contributed by atoms with Crippen molar-refractivity contribution in [3.63, 3.8) is 0 Å². The molecule has 0 unspecified atom stereocenters. The van der Waals surface area contributed by atoms with Crippen LogP contribution in [-0.4, -0.2) is 45.9 Å². The van der Waals surface area contributed by atoms with Gasteiger partial charge in [-0.2, -0.15) is 0 Å². The predicted octanol–water partition coefficient (Wildman–Crippen LogP) is 5.54. The van der Waals surface area contributed by atoms with Crippen LogP contribution in [0.25, 0.3) is 28.0 Å². The maximum atomic E-state index is 13.7. The van der Waals surface area contributed by atoms with Gasteiger partial charge in [0, 0.05) is 29.8 Å². The number of carbonyl (C=O) groups excluding carboxylic acids is 1. The second-order valence-corrected chi connectivity index (χ2v) is 12.3. The topological polar surface area (TPSA) is 108 Å². The first-order valence-corrected chi connectivity index (χ1v) is 15.8. The molecule has 1 amide bonds. The molecule has 0 aliphatic rings. The Morgan fingerprint density at radius 3 is 2.37 bits per heavy atom. The van der Waals surface area contributed by atoms with Gasteiger partial charge in [-0.1, -0.05) is 84.6 Å². The number of amides is 1. The van der Waals surface area contributed by atoms with E-state index >= 15 is 0 Å². The first kappa shape index (κ1) is 28.3. The molecule has 9 nitrogen and oxygen atoms in total. The first-order valence-electron chi connectivity index (χ1n) is 13.4. The van der Waals surface area contributed by atoms with E-state index in [1.165, 1.54) is 15.7 Å². The van der Waals surface area contributed by atoms with Crippen molar-refractivity contribution in [1.82, 2.24) is 24.1 Å². The average molecular weight is 610 g/mol. The Morgan fingerprint density at radius 1 is 0.884 bits per heavy atom. The Hall–Kier alpha value is -4.87. The lowest BCUT2D eigenvalue weighted by atomic mass is 10.1. The molecule has 4 aromatic carbocycles. The van der Waals surface area contributed by atoms with Gasteiger partial charge in [-0.05, 0) is 35.9 Å². The fourth-order valence-corrected chi connectivity index (χ4v) is 6.90. The van der Waals surface area contributed by atoms with Gasteiger partial charge in [-0.15, -0.1) is 10.2 Å². The molecule has 0 bridgehead atoms. The number of carbonyl (C=O) groups is 1. The highest BCUT2D eigenvalue weighted by Gasteiger charge is 2.25. The second kappa shape index (κ2) is 12.2. The van der Waals surface area contributed by atoms with E-state index in [1.54, 1.807) is 55.8 Å². The maximum absolute atomic E-state index is 13.7. The molecule has 0 saturated heterocycles. The molecule has 11 heteroatoms. The van der Waals surface area contributed by atoms with E-state index in [0.717, 1.165) is 5.56 Å². The van der Waals surface area contributed by atoms with Crippen LogP contribution >= 0.6 is 11.8 Å². The van der Waals surface area contributed by atoms with Crippen molar-refractivity contribution in [2.24, 2.45) is 0 Å². The molecule has 0 radical (unpaired) electrons. The summed E-state index contributed by atoms with van der Waals surface area (Å²) < 4.78 is 36.0. The van der Waals surface area contributed by atoms with Gasteiger partial charge < -0.3 is 10.1 Å². The number of hydrogen-bond acceptors (Lipinski definition) is 7. The molecule has 0 aliphatic heterocycles. The summed E-state index contributed by atoms with van der Waals surface area (Å²) in [6, 6.07) is 32.7. The summed E-state index contributed by atoms with van der Waals surface area (Å²) in [6.07, 6.45) is 1.58. The minimum absolute atomic E-state index is 0.110. The monoisotopic (exact) mass is 609 g/mol. The number of fused-ring (bicyclic) bond motifs is 1. The molecule has 2 heterocycles. The highest BCUT2D eigenvalue weighted by molar-refractivity contribution is 7.99.